The van der Waals surface area contributed by atoms with Crippen LogP contribution in [0.25, 0.3) is 0 Å². The molecule has 0 radical (unpaired) electrons. The fourth-order valence-electron chi connectivity index (χ4n) is 5.02. The number of likely N-dealkylation sites (tertiary alicyclic amines) is 1. The Hall–Kier alpha value is -3.48. The Morgan fingerprint density at radius 1 is 1.11 bits per heavy atom. The summed E-state index contributed by atoms with van der Waals surface area (Å²) in [6, 6.07) is 15.5. The summed E-state index contributed by atoms with van der Waals surface area (Å²) in [7, 11) is 1.84. The molecule has 7 heteroatoms. The number of piperidine rings is 1. The van der Waals surface area contributed by atoms with Crippen molar-refractivity contribution in [2.45, 2.75) is 51.2 Å². The molecule has 0 bridgehead atoms. The van der Waals surface area contributed by atoms with E-state index in [1.165, 1.54) is 6.08 Å². The van der Waals surface area contributed by atoms with Crippen molar-refractivity contribution in [1.29, 1.82) is 0 Å². The third-order valence-electron chi connectivity index (χ3n) is 6.85. The number of hydrogen-bond acceptors (Lipinski definition) is 5. The number of ketones is 1. The van der Waals surface area contributed by atoms with Gasteiger partial charge in [-0.05, 0) is 56.7 Å². The monoisotopic (exact) mass is 475 g/mol. The molecule has 7 nitrogen and oxygen atoms in total. The van der Waals surface area contributed by atoms with E-state index < -0.39 is 5.60 Å². The molecule has 184 valence electrons. The molecule has 2 aromatic rings. The minimum absolute atomic E-state index is 0.0326. The van der Waals surface area contributed by atoms with Crippen LogP contribution in [0.5, 0.6) is 0 Å². The number of likely N-dealkylation sites (N-methyl/N-ethyl adjacent to an activating group) is 1. The van der Waals surface area contributed by atoms with Gasteiger partial charge in [-0.2, -0.15) is 0 Å². The van der Waals surface area contributed by atoms with Crippen molar-refractivity contribution in [2.75, 3.05) is 20.1 Å². The molecular weight excluding hydrogens is 442 g/mol. The van der Waals surface area contributed by atoms with Gasteiger partial charge in [0.1, 0.15) is 11.3 Å². The number of hydrogen-bond donors (Lipinski definition) is 0. The van der Waals surface area contributed by atoms with Gasteiger partial charge in [-0.3, -0.25) is 19.4 Å². The van der Waals surface area contributed by atoms with Gasteiger partial charge in [0.2, 0.25) is 0 Å². The lowest BCUT2D eigenvalue weighted by molar-refractivity contribution is -0.139. The number of nitrogens with zero attached hydrogens (tertiary/aromatic N) is 3. The van der Waals surface area contributed by atoms with Crippen molar-refractivity contribution in [3.8, 4) is 0 Å². The maximum Gasteiger partial charge on any atom is 0.289 e. The fourth-order valence-corrected chi connectivity index (χ4v) is 5.02. The van der Waals surface area contributed by atoms with Crippen LogP contribution >= 0.6 is 0 Å². The van der Waals surface area contributed by atoms with Crippen LogP contribution in [-0.4, -0.2) is 64.2 Å². The van der Waals surface area contributed by atoms with E-state index >= 15 is 0 Å². The number of allylic oxidation sites excluding steroid dienone is 1. The second-order valence-electron chi connectivity index (χ2n) is 10.0. The first-order valence-electron chi connectivity index (χ1n) is 12.2. The maximum atomic E-state index is 13.2. The van der Waals surface area contributed by atoms with Crippen molar-refractivity contribution >= 4 is 17.6 Å². The number of carbonyl (C=O) groups excluding carboxylic acids is 3. The van der Waals surface area contributed by atoms with Crippen molar-refractivity contribution in [3.63, 3.8) is 0 Å². The highest BCUT2D eigenvalue weighted by molar-refractivity contribution is 6.01. The number of ether oxygens (including phenoxy) is 1. The standard InChI is InChI=1S/C28H33N3O4/c1-28(2)19-22(32)18-25(35-28)27(34)31-15-12-21(13-16-31)24(17-20-9-5-4-6-10-20)30(3)26(33)23-11-7-8-14-29-23/h4-11,14,18,21,24H,12-13,15-17,19H2,1-3H3/t24-/m0/s1. The van der Waals surface area contributed by atoms with Crippen LogP contribution in [0.15, 0.2) is 66.6 Å². The lowest BCUT2D eigenvalue weighted by Crippen LogP contribution is -2.49. The van der Waals surface area contributed by atoms with E-state index in [0.717, 1.165) is 24.8 Å². The molecule has 0 N–H and O–H groups in total. The van der Waals surface area contributed by atoms with Crippen LogP contribution in [0.3, 0.4) is 0 Å². The number of pyridine rings is 1. The Bertz CT molecular complexity index is 1090. The third-order valence-corrected chi connectivity index (χ3v) is 6.85. The SMILES string of the molecule is CN(C(=O)c1ccccn1)[C@@H](Cc1ccccc1)C1CCN(C(=O)C2=CC(=O)CC(C)(C)O2)CC1. The number of benzene rings is 1. The number of amides is 2. The number of aromatic nitrogens is 1. The molecule has 1 atom stereocenters. The summed E-state index contributed by atoms with van der Waals surface area (Å²) in [5, 5.41) is 0. The van der Waals surface area contributed by atoms with Crippen LogP contribution in [-0.2, 0) is 20.7 Å². The first kappa shape index (κ1) is 24.6. The summed E-state index contributed by atoms with van der Waals surface area (Å²) in [5.41, 5.74) is 0.914. The van der Waals surface area contributed by atoms with E-state index in [2.05, 4.69) is 17.1 Å². The van der Waals surface area contributed by atoms with Crippen LogP contribution in [0.4, 0.5) is 0 Å². The fraction of sp³-hybridized carbons (Fsp3) is 0.429. The van der Waals surface area contributed by atoms with Gasteiger partial charge >= 0.3 is 0 Å². The van der Waals surface area contributed by atoms with Crippen LogP contribution in [0.2, 0.25) is 0 Å². The molecule has 1 aromatic heterocycles. The van der Waals surface area contributed by atoms with E-state index in [1.807, 2.05) is 50.1 Å². The highest BCUT2D eigenvalue weighted by Crippen LogP contribution is 2.30. The normalized spacial score (nSPS) is 18.9. The average molecular weight is 476 g/mol. The first-order chi connectivity index (χ1) is 16.7. The van der Waals surface area contributed by atoms with Gasteiger partial charge in [0, 0.05) is 44.9 Å². The zero-order chi connectivity index (χ0) is 25.0. The minimum Gasteiger partial charge on any atom is -0.481 e. The van der Waals surface area contributed by atoms with E-state index in [0.29, 0.717) is 18.8 Å². The Morgan fingerprint density at radius 2 is 1.80 bits per heavy atom. The summed E-state index contributed by atoms with van der Waals surface area (Å²) < 4.78 is 5.82. The Kier molecular flexibility index (Phi) is 7.34. The Labute approximate surface area is 206 Å². The van der Waals surface area contributed by atoms with Gasteiger partial charge in [-0.15, -0.1) is 0 Å². The van der Waals surface area contributed by atoms with Crippen LogP contribution in [0, 0.1) is 5.92 Å². The molecule has 2 aliphatic heterocycles. The van der Waals surface area contributed by atoms with Gasteiger partial charge < -0.3 is 14.5 Å². The molecule has 3 heterocycles. The van der Waals surface area contributed by atoms with Crippen molar-refractivity contribution in [3.05, 3.63) is 77.8 Å². The molecule has 4 rings (SSSR count). The minimum atomic E-state index is -0.676. The zero-order valence-electron chi connectivity index (χ0n) is 20.6. The molecule has 1 aromatic carbocycles. The van der Waals surface area contributed by atoms with Gasteiger partial charge in [-0.1, -0.05) is 36.4 Å². The lowest BCUT2D eigenvalue weighted by Gasteiger charge is -2.40. The zero-order valence-corrected chi connectivity index (χ0v) is 20.6. The molecule has 0 aliphatic carbocycles. The van der Waals surface area contributed by atoms with Crippen LogP contribution < -0.4 is 0 Å². The topological polar surface area (TPSA) is 79.8 Å². The van der Waals surface area contributed by atoms with E-state index in [9.17, 15) is 14.4 Å². The number of rotatable bonds is 6. The van der Waals surface area contributed by atoms with Gasteiger partial charge in [-0.25, -0.2) is 0 Å². The van der Waals surface area contributed by atoms with E-state index in [4.69, 9.17) is 4.74 Å². The van der Waals surface area contributed by atoms with E-state index in [1.54, 1.807) is 23.2 Å². The largest absolute Gasteiger partial charge is 0.481 e. The molecule has 35 heavy (non-hydrogen) atoms. The summed E-state index contributed by atoms with van der Waals surface area (Å²) in [6.45, 7) is 4.74. The quantitative estimate of drug-likeness (QED) is 0.637. The maximum absolute atomic E-state index is 13.2. The first-order valence-corrected chi connectivity index (χ1v) is 12.2. The van der Waals surface area contributed by atoms with Crippen molar-refractivity contribution in [1.82, 2.24) is 14.8 Å². The summed E-state index contributed by atoms with van der Waals surface area (Å²) in [5.74, 6) is -0.0741. The molecule has 1 saturated heterocycles. The third kappa shape index (κ3) is 5.96. The number of carbonyl (C=O) groups is 3. The molecule has 0 spiro atoms. The Balaban J connectivity index is 1.47. The lowest BCUT2D eigenvalue weighted by atomic mass is 9.84. The van der Waals surface area contributed by atoms with Crippen molar-refractivity contribution in [2.24, 2.45) is 5.92 Å². The predicted molar refractivity (Wildman–Crippen MR) is 132 cm³/mol. The van der Waals surface area contributed by atoms with Crippen LogP contribution in [0.1, 0.15) is 49.2 Å². The smallest absolute Gasteiger partial charge is 0.289 e. The van der Waals surface area contributed by atoms with Gasteiger partial charge in [0.05, 0.1) is 0 Å². The molecule has 0 saturated carbocycles. The van der Waals surface area contributed by atoms with E-state index in [-0.39, 0.29) is 41.7 Å². The summed E-state index contributed by atoms with van der Waals surface area (Å²) in [6.07, 6.45) is 5.47. The van der Waals surface area contributed by atoms with Gasteiger partial charge in [0.25, 0.3) is 11.8 Å². The molecule has 2 aliphatic rings. The molecular formula is C28H33N3O4. The van der Waals surface area contributed by atoms with Gasteiger partial charge in [0.15, 0.2) is 11.5 Å². The predicted octanol–water partition coefficient (Wildman–Crippen LogP) is 3.66. The average Bonchev–Trinajstić information content (AvgIpc) is 2.86. The molecule has 1 fully saturated rings. The second-order valence-corrected chi connectivity index (χ2v) is 10.0. The highest BCUT2D eigenvalue weighted by atomic mass is 16.5. The summed E-state index contributed by atoms with van der Waals surface area (Å²) in [4.78, 5) is 46.2. The Morgan fingerprint density at radius 3 is 2.43 bits per heavy atom. The second kappa shape index (κ2) is 10.4. The van der Waals surface area contributed by atoms with Crippen molar-refractivity contribution < 1.29 is 19.1 Å². The molecule has 0 unspecified atom stereocenters. The summed E-state index contributed by atoms with van der Waals surface area (Å²) >= 11 is 0. The highest BCUT2D eigenvalue weighted by Gasteiger charge is 2.37. The molecule has 2 amide bonds.